The predicted octanol–water partition coefficient (Wildman–Crippen LogP) is 6.60. The Kier molecular flexibility index (Phi) is 5.60. The Bertz CT molecular complexity index is 1310. The van der Waals surface area contributed by atoms with Crippen LogP contribution in [0.15, 0.2) is 114 Å². The highest BCUT2D eigenvalue weighted by atomic mass is 79.9. The van der Waals surface area contributed by atoms with E-state index in [2.05, 4.69) is 50.5 Å². The summed E-state index contributed by atoms with van der Waals surface area (Å²) >= 11 is 10.3. The lowest BCUT2D eigenvalue weighted by Gasteiger charge is -2.34. The van der Waals surface area contributed by atoms with E-state index in [9.17, 15) is 0 Å². The van der Waals surface area contributed by atoms with E-state index in [1.54, 1.807) is 4.80 Å². The molecule has 32 heavy (non-hydrogen) atoms. The highest BCUT2D eigenvalue weighted by molar-refractivity contribution is 9.10. The lowest BCUT2D eigenvalue weighted by Crippen LogP contribution is -2.40. The molecular weight excluding hydrogens is 484 g/mol. The van der Waals surface area contributed by atoms with Gasteiger partial charge < -0.3 is 0 Å². The number of nitrogens with zero attached hydrogens (tertiary/aromatic N) is 4. The Morgan fingerprint density at radius 1 is 0.719 bits per heavy atom. The van der Waals surface area contributed by atoms with Gasteiger partial charge in [-0.05, 0) is 34.5 Å². The summed E-state index contributed by atoms with van der Waals surface area (Å²) in [6.45, 7) is 0. The molecule has 4 nitrogen and oxygen atoms in total. The van der Waals surface area contributed by atoms with E-state index in [4.69, 9.17) is 16.7 Å². The second kappa shape index (κ2) is 8.69. The van der Waals surface area contributed by atoms with E-state index < -0.39 is 5.54 Å². The normalized spacial score (nSPS) is 11.4. The topological polar surface area (TPSA) is 43.6 Å². The Morgan fingerprint density at radius 2 is 1.34 bits per heavy atom. The Morgan fingerprint density at radius 3 is 1.97 bits per heavy atom. The summed E-state index contributed by atoms with van der Waals surface area (Å²) in [4.78, 5) is 1.68. The van der Waals surface area contributed by atoms with Crippen molar-refractivity contribution in [2.75, 3.05) is 0 Å². The minimum Gasteiger partial charge on any atom is -0.144 e. The fourth-order valence-electron chi connectivity index (χ4n) is 4.03. The van der Waals surface area contributed by atoms with Gasteiger partial charge in [-0.1, -0.05) is 119 Å². The molecule has 0 saturated heterocycles. The van der Waals surface area contributed by atoms with Crippen LogP contribution < -0.4 is 0 Å². The lowest BCUT2D eigenvalue weighted by atomic mass is 9.77. The number of aromatic nitrogens is 4. The molecule has 0 aliphatic heterocycles. The molecule has 0 unspecified atom stereocenters. The van der Waals surface area contributed by atoms with Crippen LogP contribution in [0.4, 0.5) is 0 Å². The largest absolute Gasteiger partial charge is 0.205 e. The van der Waals surface area contributed by atoms with Crippen LogP contribution in [0.2, 0.25) is 5.02 Å². The first-order valence-electron chi connectivity index (χ1n) is 10.1. The molecule has 0 fully saturated rings. The van der Waals surface area contributed by atoms with Crippen LogP contribution in [0.5, 0.6) is 0 Å². The van der Waals surface area contributed by atoms with Crippen molar-refractivity contribution in [3.63, 3.8) is 0 Å². The highest BCUT2D eigenvalue weighted by Gasteiger charge is 2.42. The third-order valence-electron chi connectivity index (χ3n) is 5.44. The number of tetrazole rings is 1. The van der Waals surface area contributed by atoms with Crippen molar-refractivity contribution in [2.45, 2.75) is 5.54 Å². The minimum absolute atomic E-state index is 0.537. The summed E-state index contributed by atoms with van der Waals surface area (Å²) in [5.41, 5.74) is 2.81. The van der Waals surface area contributed by atoms with Crippen molar-refractivity contribution in [2.24, 2.45) is 0 Å². The molecule has 5 aromatic rings. The van der Waals surface area contributed by atoms with Gasteiger partial charge in [0, 0.05) is 20.6 Å². The van der Waals surface area contributed by atoms with Crippen molar-refractivity contribution >= 4 is 27.5 Å². The van der Waals surface area contributed by atoms with Gasteiger partial charge in [-0.2, -0.15) is 0 Å². The molecule has 4 aromatic carbocycles. The molecule has 156 valence electrons. The zero-order chi connectivity index (χ0) is 22.0. The van der Waals surface area contributed by atoms with Crippen molar-refractivity contribution in [3.05, 3.63) is 135 Å². The van der Waals surface area contributed by atoms with Gasteiger partial charge in [0.15, 0.2) is 5.54 Å². The third kappa shape index (κ3) is 3.53. The van der Waals surface area contributed by atoms with E-state index in [-0.39, 0.29) is 0 Å². The third-order valence-corrected chi connectivity index (χ3v) is 6.27. The molecule has 0 amide bonds. The van der Waals surface area contributed by atoms with Gasteiger partial charge in [0.05, 0.1) is 0 Å². The molecule has 1 heterocycles. The predicted molar refractivity (Wildman–Crippen MR) is 131 cm³/mol. The number of benzene rings is 4. The summed E-state index contributed by atoms with van der Waals surface area (Å²) in [5, 5.41) is 14.5. The monoisotopic (exact) mass is 500 g/mol. The molecule has 0 bridgehead atoms. The summed E-state index contributed by atoms with van der Waals surface area (Å²) in [5.74, 6) is 0.537. The van der Waals surface area contributed by atoms with Crippen molar-refractivity contribution in [1.82, 2.24) is 20.2 Å². The Labute approximate surface area is 199 Å². The van der Waals surface area contributed by atoms with Crippen LogP contribution in [-0.4, -0.2) is 20.2 Å². The molecule has 5 rings (SSSR count). The van der Waals surface area contributed by atoms with Gasteiger partial charge in [-0.3, -0.25) is 0 Å². The number of hydrogen-bond donors (Lipinski definition) is 0. The van der Waals surface area contributed by atoms with Crippen molar-refractivity contribution in [1.29, 1.82) is 0 Å². The summed E-state index contributed by atoms with van der Waals surface area (Å²) in [7, 11) is 0. The summed E-state index contributed by atoms with van der Waals surface area (Å²) < 4.78 is 0.954. The fraction of sp³-hybridized carbons (Fsp3) is 0.0385. The summed E-state index contributed by atoms with van der Waals surface area (Å²) in [6, 6.07) is 36.0. The first kappa shape index (κ1) is 20.6. The van der Waals surface area contributed by atoms with E-state index in [0.717, 1.165) is 26.7 Å². The second-order valence-corrected chi connectivity index (χ2v) is 8.66. The first-order valence-corrected chi connectivity index (χ1v) is 11.3. The van der Waals surface area contributed by atoms with Crippen molar-refractivity contribution in [3.8, 4) is 11.4 Å². The van der Waals surface area contributed by atoms with Crippen molar-refractivity contribution < 1.29 is 0 Å². The van der Waals surface area contributed by atoms with E-state index in [0.29, 0.717) is 10.8 Å². The first-order chi connectivity index (χ1) is 15.7. The van der Waals surface area contributed by atoms with Gasteiger partial charge in [0.1, 0.15) is 0 Å². The second-order valence-electron chi connectivity index (χ2n) is 7.34. The van der Waals surface area contributed by atoms with E-state index >= 15 is 0 Å². The van der Waals surface area contributed by atoms with Crippen LogP contribution >= 0.6 is 27.5 Å². The molecule has 0 atom stereocenters. The smallest absolute Gasteiger partial charge is 0.144 e. The van der Waals surface area contributed by atoms with Gasteiger partial charge in [-0.25, -0.2) is 0 Å². The minimum atomic E-state index is -0.905. The number of halogens is 2. The van der Waals surface area contributed by atoms with Gasteiger partial charge in [0.25, 0.3) is 0 Å². The molecule has 0 aliphatic carbocycles. The quantitative estimate of drug-likeness (QED) is 0.255. The van der Waals surface area contributed by atoms with E-state index in [1.807, 2.05) is 84.9 Å². The highest BCUT2D eigenvalue weighted by Crippen LogP contribution is 2.42. The SMILES string of the molecule is Clc1ccccc1C(c1ccccc1)(c1ccccc1)n1nnc(-c2cccc(Br)c2)n1. The Balaban J connectivity index is 1.84. The molecule has 0 radical (unpaired) electrons. The zero-order valence-electron chi connectivity index (χ0n) is 16.9. The maximum Gasteiger partial charge on any atom is 0.205 e. The number of hydrogen-bond acceptors (Lipinski definition) is 3. The maximum atomic E-state index is 6.81. The fourth-order valence-corrected chi connectivity index (χ4v) is 4.70. The van der Waals surface area contributed by atoms with Crippen LogP contribution in [0.1, 0.15) is 16.7 Å². The molecule has 0 spiro atoms. The molecule has 0 aliphatic rings. The molecule has 6 heteroatoms. The number of rotatable bonds is 5. The molecule has 0 N–H and O–H groups in total. The van der Waals surface area contributed by atoms with Crippen LogP contribution in [0.3, 0.4) is 0 Å². The molecule has 0 saturated carbocycles. The standard InChI is InChI=1S/C26H18BrClN4/c27-22-15-9-10-19(18-22)25-29-31-32(30-25)26(20-11-3-1-4-12-20,21-13-5-2-6-14-21)23-16-7-8-17-24(23)28/h1-18H. The summed E-state index contributed by atoms with van der Waals surface area (Å²) in [6.07, 6.45) is 0. The van der Waals surface area contributed by atoms with Gasteiger partial charge in [0.2, 0.25) is 5.82 Å². The van der Waals surface area contributed by atoms with Crippen LogP contribution in [0.25, 0.3) is 11.4 Å². The Hall–Kier alpha value is -3.28. The van der Waals surface area contributed by atoms with Crippen LogP contribution in [-0.2, 0) is 5.54 Å². The van der Waals surface area contributed by atoms with Gasteiger partial charge >= 0.3 is 0 Å². The maximum absolute atomic E-state index is 6.81. The van der Waals surface area contributed by atoms with Crippen LogP contribution in [0, 0.1) is 0 Å². The molecular formula is C26H18BrClN4. The van der Waals surface area contributed by atoms with Gasteiger partial charge in [-0.15, -0.1) is 15.0 Å². The lowest BCUT2D eigenvalue weighted by molar-refractivity contribution is 0.396. The average molecular weight is 502 g/mol. The van der Waals surface area contributed by atoms with E-state index in [1.165, 1.54) is 0 Å². The molecule has 1 aromatic heterocycles. The average Bonchev–Trinajstić information content (AvgIpc) is 3.33. The zero-order valence-corrected chi connectivity index (χ0v) is 19.3.